The third-order valence-electron chi connectivity index (χ3n) is 3.15. The lowest BCUT2D eigenvalue weighted by Gasteiger charge is -2.23. The van der Waals surface area contributed by atoms with Crippen molar-refractivity contribution in [2.75, 3.05) is 19.8 Å². The molecule has 2 N–H and O–H groups in total. The molecule has 1 rings (SSSR count). The zero-order valence-corrected chi connectivity index (χ0v) is 11.5. The van der Waals surface area contributed by atoms with Gasteiger partial charge in [-0.15, -0.1) is 0 Å². The van der Waals surface area contributed by atoms with E-state index in [0.717, 1.165) is 13.0 Å². The Morgan fingerprint density at radius 2 is 1.94 bits per heavy atom. The first-order valence-electron chi connectivity index (χ1n) is 7.17. The smallest absolute Gasteiger partial charge is 0.0975 e. The van der Waals surface area contributed by atoms with Gasteiger partial charge in [-0.25, -0.2) is 0 Å². The average Bonchev–Trinajstić information content (AvgIpc) is 3.09. The topological polar surface area (TPSA) is 41.5 Å². The van der Waals surface area contributed by atoms with Crippen LogP contribution in [0.25, 0.3) is 0 Å². The molecule has 1 fully saturated rings. The standard InChI is InChI=1S/C14H29NO2/c1-3-4-5-6-7-10-17-12-14(2,16)11-15-13-8-9-13/h13,15-16H,3-12H2,1-2H3. The van der Waals surface area contributed by atoms with Crippen molar-refractivity contribution >= 4 is 0 Å². The van der Waals surface area contributed by atoms with E-state index in [-0.39, 0.29) is 0 Å². The van der Waals surface area contributed by atoms with E-state index in [1.165, 1.54) is 38.5 Å². The largest absolute Gasteiger partial charge is 0.386 e. The fourth-order valence-electron chi connectivity index (χ4n) is 1.80. The first-order chi connectivity index (χ1) is 8.14. The molecule has 0 aromatic heterocycles. The molecule has 1 saturated carbocycles. The maximum atomic E-state index is 10.0. The summed E-state index contributed by atoms with van der Waals surface area (Å²) in [5.74, 6) is 0. The second kappa shape index (κ2) is 8.06. The molecule has 0 heterocycles. The van der Waals surface area contributed by atoms with Crippen molar-refractivity contribution in [2.24, 2.45) is 0 Å². The van der Waals surface area contributed by atoms with Gasteiger partial charge in [-0.05, 0) is 26.2 Å². The highest BCUT2D eigenvalue weighted by atomic mass is 16.5. The summed E-state index contributed by atoms with van der Waals surface area (Å²) in [4.78, 5) is 0. The van der Waals surface area contributed by atoms with Crippen LogP contribution in [-0.2, 0) is 4.74 Å². The highest BCUT2D eigenvalue weighted by Crippen LogP contribution is 2.19. The number of aliphatic hydroxyl groups is 1. The summed E-state index contributed by atoms with van der Waals surface area (Å²) in [6.45, 7) is 5.94. The molecule has 1 atom stereocenters. The van der Waals surface area contributed by atoms with E-state index in [2.05, 4.69) is 12.2 Å². The quantitative estimate of drug-likeness (QED) is 0.548. The van der Waals surface area contributed by atoms with E-state index in [4.69, 9.17) is 4.74 Å². The van der Waals surface area contributed by atoms with E-state index in [9.17, 15) is 5.11 Å². The molecular formula is C14H29NO2. The highest BCUT2D eigenvalue weighted by Gasteiger charge is 2.26. The maximum absolute atomic E-state index is 10.0. The van der Waals surface area contributed by atoms with Gasteiger partial charge in [0.05, 0.1) is 12.2 Å². The number of nitrogens with one attached hydrogen (secondary N) is 1. The highest BCUT2D eigenvalue weighted by molar-refractivity contribution is 4.85. The molecule has 1 aliphatic carbocycles. The Hall–Kier alpha value is -0.120. The third-order valence-corrected chi connectivity index (χ3v) is 3.15. The van der Waals surface area contributed by atoms with Crippen LogP contribution in [0.5, 0.6) is 0 Å². The van der Waals surface area contributed by atoms with Crippen LogP contribution in [0.4, 0.5) is 0 Å². The molecule has 3 nitrogen and oxygen atoms in total. The number of hydrogen-bond acceptors (Lipinski definition) is 3. The molecule has 1 unspecified atom stereocenters. The summed E-state index contributed by atoms with van der Waals surface area (Å²) in [5.41, 5.74) is -0.716. The molecule has 0 radical (unpaired) electrons. The van der Waals surface area contributed by atoms with Gasteiger partial charge in [0, 0.05) is 19.2 Å². The molecule has 0 aromatic rings. The molecule has 0 aromatic carbocycles. The zero-order chi connectivity index (χ0) is 12.6. The van der Waals surface area contributed by atoms with Crippen LogP contribution in [0.2, 0.25) is 0 Å². The van der Waals surface area contributed by atoms with E-state index >= 15 is 0 Å². The van der Waals surface area contributed by atoms with E-state index in [1.54, 1.807) is 0 Å². The van der Waals surface area contributed by atoms with Crippen LogP contribution in [0.3, 0.4) is 0 Å². The van der Waals surface area contributed by atoms with Crippen molar-refractivity contribution in [1.82, 2.24) is 5.32 Å². The minimum Gasteiger partial charge on any atom is -0.386 e. The van der Waals surface area contributed by atoms with Crippen molar-refractivity contribution in [3.05, 3.63) is 0 Å². The summed E-state index contributed by atoms with van der Waals surface area (Å²) in [6.07, 6.45) is 8.79. The molecule has 1 aliphatic rings. The van der Waals surface area contributed by atoms with Crippen LogP contribution < -0.4 is 5.32 Å². The van der Waals surface area contributed by atoms with Gasteiger partial charge in [-0.2, -0.15) is 0 Å². The van der Waals surface area contributed by atoms with Gasteiger partial charge in [-0.3, -0.25) is 0 Å². The molecule has 0 saturated heterocycles. The predicted octanol–water partition coefficient (Wildman–Crippen LogP) is 2.48. The van der Waals surface area contributed by atoms with Crippen LogP contribution in [0, 0.1) is 0 Å². The Balaban J connectivity index is 1.88. The number of ether oxygens (including phenoxy) is 1. The SMILES string of the molecule is CCCCCCCOCC(C)(O)CNC1CC1. The summed E-state index contributed by atoms with van der Waals surface area (Å²) < 4.78 is 5.54. The van der Waals surface area contributed by atoms with Gasteiger partial charge in [0.2, 0.25) is 0 Å². The van der Waals surface area contributed by atoms with Crippen molar-refractivity contribution in [2.45, 2.75) is 70.4 Å². The van der Waals surface area contributed by atoms with E-state index in [0.29, 0.717) is 19.2 Å². The lowest BCUT2D eigenvalue weighted by molar-refractivity contribution is -0.0332. The number of rotatable bonds is 11. The summed E-state index contributed by atoms with van der Waals surface area (Å²) in [7, 11) is 0. The second-order valence-electron chi connectivity index (χ2n) is 5.62. The molecule has 0 bridgehead atoms. The second-order valence-corrected chi connectivity index (χ2v) is 5.62. The van der Waals surface area contributed by atoms with Gasteiger partial charge < -0.3 is 15.2 Å². The Bertz CT molecular complexity index is 191. The molecule has 0 aliphatic heterocycles. The first-order valence-corrected chi connectivity index (χ1v) is 7.17. The Labute approximate surface area is 106 Å². The lowest BCUT2D eigenvalue weighted by Crippen LogP contribution is -2.42. The van der Waals surface area contributed by atoms with E-state index in [1.807, 2.05) is 6.92 Å². The fraction of sp³-hybridized carbons (Fsp3) is 1.00. The predicted molar refractivity (Wildman–Crippen MR) is 71.2 cm³/mol. The molecule has 0 spiro atoms. The van der Waals surface area contributed by atoms with Gasteiger partial charge >= 0.3 is 0 Å². The molecular weight excluding hydrogens is 214 g/mol. The Morgan fingerprint density at radius 1 is 1.24 bits per heavy atom. The fourth-order valence-corrected chi connectivity index (χ4v) is 1.80. The summed E-state index contributed by atoms with van der Waals surface area (Å²) in [6, 6.07) is 0.649. The van der Waals surface area contributed by atoms with Crippen LogP contribution in [0.1, 0.15) is 58.8 Å². The lowest BCUT2D eigenvalue weighted by atomic mass is 10.1. The Kier molecular flexibility index (Phi) is 7.09. The molecule has 3 heteroatoms. The van der Waals surface area contributed by atoms with Crippen molar-refractivity contribution < 1.29 is 9.84 Å². The maximum Gasteiger partial charge on any atom is 0.0975 e. The molecule has 17 heavy (non-hydrogen) atoms. The number of hydrogen-bond donors (Lipinski definition) is 2. The minimum atomic E-state index is -0.716. The molecule has 102 valence electrons. The summed E-state index contributed by atoms with van der Waals surface area (Å²) in [5, 5.41) is 13.4. The van der Waals surface area contributed by atoms with E-state index < -0.39 is 5.60 Å². The average molecular weight is 243 g/mol. The van der Waals surface area contributed by atoms with Gasteiger partial charge in [0.25, 0.3) is 0 Å². The normalized spacial score (nSPS) is 19.2. The van der Waals surface area contributed by atoms with Crippen LogP contribution >= 0.6 is 0 Å². The minimum absolute atomic E-state index is 0.445. The van der Waals surface area contributed by atoms with Gasteiger partial charge in [0.15, 0.2) is 0 Å². The van der Waals surface area contributed by atoms with Gasteiger partial charge in [-0.1, -0.05) is 32.6 Å². The van der Waals surface area contributed by atoms with Crippen LogP contribution in [-0.4, -0.2) is 36.5 Å². The van der Waals surface area contributed by atoms with Crippen LogP contribution in [0.15, 0.2) is 0 Å². The summed E-state index contributed by atoms with van der Waals surface area (Å²) >= 11 is 0. The van der Waals surface area contributed by atoms with Crippen molar-refractivity contribution in [1.29, 1.82) is 0 Å². The third kappa shape index (κ3) is 8.58. The zero-order valence-electron chi connectivity index (χ0n) is 11.5. The molecule has 0 amide bonds. The number of unbranched alkanes of at least 4 members (excludes halogenated alkanes) is 4. The monoisotopic (exact) mass is 243 g/mol. The Morgan fingerprint density at radius 3 is 2.59 bits per heavy atom. The van der Waals surface area contributed by atoms with Gasteiger partial charge in [0.1, 0.15) is 0 Å². The van der Waals surface area contributed by atoms with Crippen molar-refractivity contribution in [3.8, 4) is 0 Å². The first kappa shape index (κ1) is 14.9. The van der Waals surface area contributed by atoms with Crippen molar-refractivity contribution in [3.63, 3.8) is 0 Å².